The highest BCUT2D eigenvalue weighted by Gasteiger charge is 2.22. The number of Topliss-reactive ketones (excluding diaryl/α,β-unsaturated/α-hetero) is 1. The first-order valence-electron chi connectivity index (χ1n) is 11.5. The maximum Gasteiger partial charge on any atom is 0.170 e. The molecule has 0 N–H and O–H groups in total. The summed E-state index contributed by atoms with van der Waals surface area (Å²) in [6.45, 7) is 0. The second-order valence-electron chi connectivity index (χ2n) is 8.73. The van der Waals surface area contributed by atoms with Gasteiger partial charge < -0.3 is 4.79 Å². The summed E-state index contributed by atoms with van der Waals surface area (Å²) in [4.78, 5) is 22.1. The van der Waals surface area contributed by atoms with Gasteiger partial charge in [0, 0.05) is 28.3 Å². The van der Waals surface area contributed by atoms with Crippen LogP contribution in [0.15, 0.2) is 72.8 Å². The van der Waals surface area contributed by atoms with Crippen molar-refractivity contribution in [3.05, 3.63) is 100 Å². The van der Waals surface area contributed by atoms with E-state index in [9.17, 15) is 9.59 Å². The maximum atomic E-state index is 11.8. The molecule has 2 aliphatic carbocycles. The van der Waals surface area contributed by atoms with Gasteiger partial charge in [-0.25, -0.2) is 0 Å². The third-order valence-corrected chi connectivity index (χ3v) is 7.09. The van der Waals surface area contributed by atoms with Gasteiger partial charge in [0.25, 0.3) is 0 Å². The summed E-state index contributed by atoms with van der Waals surface area (Å²) >= 11 is 6.30. The summed E-state index contributed by atoms with van der Waals surface area (Å²) in [5, 5.41) is 6.05. The Balaban J connectivity index is 0.000000146. The lowest BCUT2D eigenvalue weighted by Gasteiger charge is -2.18. The average molecular weight is 453 g/mol. The number of carbonyl (C=O) groups excluding carboxylic acids is 2. The van der Waals surface area contributed by atoms with E-state index in [1.54, 1.807) is 23.3 Å². The summed E-state index contributed by atoms with van der Waals surface area (Å²) in [6, 6.07) is 22.7. The van der Waals surface area contributed by atoms with Crippen LogP contribution in [-0.2, 0) is 17.6 Å². The van der Waals surface area contributed by atoms with Gasteiger partial charge in [0.1, 0.15) is 6.29 Å². The van der Waals surface area contributed by atoms with Crippen LogP contribution in [0.4, 0.5) is 0 Å². The number of hydrogen-bond donors (Lipinski definition) is 0. The predicted octanol–water partition coefficient (Wildman–Crippen LogP) is 7.63. The van der Waals surface area contributed by atoms with Crippen molar-refractivity contribution in [3.63, 3.8) is 0 Å². The lowest BCUT2D eigenvalue weighted by atomic mass is 9.86. The van der Waals surface area contributed by atoms with Crippen LogP contribution in [0.5, 0.6) is 0 Å². The average Bonchev–Trinajstić information content (AvgIpc) is 2.86. The van der Waals surface area contributed by atoms with Gasteiger partial charge in [0.2, 0.25) is 0 Å². The van der Waals surface area contributed by atoms with E-state index in [0.29, 0.717) is 0 Å². The number of hydrogen-bond acceptors (Lipinski definition) is 2. The highest BCUT2D eigenvalue weighted by molar-refractivity contribution is 6.36. The van der Waals surface area contributed by atoms with E-state index in [4.69, 9.17) is 11.6 Å². The number of allylic oxidation sites excluding steroid dienone is 1. The molecule has 6 rings (SSSR count). The van der Waals surface area contributed by atoms with Gasteiger partial charge in [-0.05, 0) is 64.6 Å². The van der Waals surface area contributed by atoms with E-state index in [1.807, 2.05) is 36.4 Å². The number of aryl methyl sites for hydroxylation is 2. The first-order chi connectivity index (χ1) is 16.2. The Labute approximate surface area is 198 Å². The molecule has 0 saturated carbocycles. The molecule has 3 heteroatoms. The number of fused-ring (bicyclic) bond motifs is 6. The fourth-order valence-corrected chi connectivity index (χ4v) is 5.29. The zero-order chi connectivity index (χ0) is 22.8. The predicted molar refractivity (Wildman–Crippen MR) is 137 cm³/mol. The van der Waals surface area contributed by atoms with Crippen LogP contribution in [-0.4, -0.2) is 12.1 Å². The van der Waals surface area contributed by atoms with Crippen molar-refractivity contribution in [2.24, 2.45) is 5.92 Å². The van der Waals surface area contributed by atoms with Crippen molar-refractivity contribution in [2.45, 2.75) is 32.1 Å². The van der Waals surface area contributed by atoms with Crippen molar-refractivity contribution < 1.29 is 9.59 Å². The number of halogens is 1. The molecule has 1 atom stereocenters. The van der Waals surface area contributed by atoms with Gasteiger partial charge in [-0.3, -0.25) is 4.79 Å². The molecule has 0 heterocycles. The SMILES string of the molecule is Clc1cccc2c1ccc1c3c(ccc12)CCCC3.O=CCC1C=Cc2ccccc2C1=O. The Morgan fingerprint density at radius 1 is 0.818 bits per heavy atom. The zero-order valence-corrected chi connectivity index (χ0v) is 19.1. The van der Waals surface area contributed by atoms with Crippen molar-refractivity contribution in [2.75, 3.05) is 0 Å². The molecule has 4 aromatic rings. The minimum absolute atomic E-state index is 0.0511. The zero-order valence-electron chi connectivity index (χ0n) is 18.4. The van der Waals surface area contributed by atoms with Crippen LogP contribution < -0.4 is 0 Å². The summed E-state index contributed by atoms with van der Waals surface area (Å²) in [7, 11) is 0. The number of benzene rings is 4. The number of ketones is 1. The first-order valence-corrected chi connectivity index (χ1v) is 11.9. The van der Waals surface area contributed by atoms with E-state index in [2.05, 4.69) is 30.3 Å². The van der Waals surface area contributed by atoms with Crippen LogP contribution >= 0.6 is 11.6 Å². The van der Waals surface area contributed by atoms with Crippen LogP contribution in [0, 0.1) is 5.92 Å². The molecule has 2 nitrogen and oxygen atoms in total. The highest BCUT2D eigenvalue weighted by Crippen LogP contribution is 2.35. The third kappa shape index (κ3) is 4.12. The summed E-state index contributed by atoms with van der Waals surface area (Å²) in [6.07, 6.45) is 9.89. The smallest absolute Gasteiger partial charge is 0.170 e. The molecule has 33 heavy (non-hydrogen) atoms. The maximum absolute atomic E-state index is 11.8. The largest absolute Gasteiger partial charge is 0.303 e. The molecule has 1 unspecified atom stereocenters. The Morgan fingerprint density at radius 3 is 2.45 bits per heavy atom. The topological polar surface area (TPSA) is 34.1 Å². The molecule has 0 aliphatic heterocycles. The second-order valence-corrected chi connectivity index (χ2v) is 9.13. The summed E-state index contributed by atoms with van der Waals surface area (Å²) < 4.78 is 0. The monoisotopic (exact) mass is 452 g/mol. The Hall–Kier alpha value is -3.23. The minimum Gasteiger partial charge on any atom is -0.303 e. The van der Waals surface area contributed by atoms with Gasteiger partial charge in [0.05, 0.1) is 0 Å². The standard InChI is InChI=1S/C18H15Cl.C12H10O2/c19-18-7-3-6-14-16-9-8-12-4-1-2-5-13(12)15(16)10-11-17(14)18;13-8-7-10-6-5-9-3-1-2-4-11(9)12(10)14/h3,6-11H,1-2,4-5H2;1-6,8,10H,7H2. The van der Waals surface area contributed by atoms with Crippen LogP contribution in [0.2, 0.25) is 5.02 Å². The molecule has 0 amide bonds. The number of rotatable bonds is 2. The van der Waals surface area contributed by atoms with Gasteiger partial charge in [0.15, 0.2) is 5.78 Å². The molecule has 4 aromatic carbocycles. The molecular formula is C30H25ClO2. The number of carbonyl (C=O) groups is 2. The van der Waals surface area contributed by atoms with Crippen molar-refractivity contribution in [3.8, 4) is 0 Å². The molecule has 0 radical (unpaired) electrons. The van der Waals surface area contributed by atoms with E-state index in [1.165, 1.54) is 41.8 Å². The van der Waals surface area contributed by atoms with Gasteiger partial charge in [-0.2, -0.15) is 0 Å². The minimum atomic E-state index is -0.262. The second kappa shape index (κ2) is 9.33. The molecule has 0 fully saturated rings. The molecule has 2 aliphatic rings. The Kier molecular flexibility index (Phi) is 6.11. The van der Waals surface area contributed by atoms with Crippen LogP contribution in [0.1, 0.15) is 46.3 Å². The van der Waals surface area contributed by atoms with Crippen LogP contribution in [0.3, 0.4) is 0 Å². The normalized spacial score (nSPS) is 16.6. The lowest BCUT2D eigenvalue weighted by molar-refractivity contribution is -0.108. The molecule has 0 bridgehead atoms. The molecule has 164 valence electrons. The molecular weight excluding hydrogens is 428 g/mol. The van der Waals surface area contributed by atoms with Crippen molar-refractivity contribution in [1.29, 1.82) is 0 Å². The third-order valence-electron chi connectivity index (χ3n) is 6.76. The van der Waals surface area contributed by atoms with Crippen molar-refractivity contribution >= 4 is 51.3 Å². The summed E-state index contributed by atoms with van der Waals surface area (Å²) in [5.41, 5.74) is 4.77. The fraction of sp³-hybridized carbons (Fsp3) is 0.200. The molecule has 0 aromatic heterocycles. The lowest BCUT2D eigenvalue weighted by Crippen LogP contribution is -2.17. The van der Waals surface area contributed by atoms with Gasteiger partial charge in [-0.15, -0.1) is 0 Å². The van der Waals surface area contributed by atoms with Crippen LogP contribution in [0.25, 0.3) is 27.6 Å². The first kappa shape index (κ1) is 21.6. The molecule has 0 saturated heterocycles. The Bertz CT molecular complexity index is 1400. The fourth-order valence-electron chi connectivity index (χ4n) is 5.05. The number of aldehydes is 1. The Morgan fingerprint density at radius 2 is 1.58 bits per heavy atom. The summed E-state index contributed by atoms with van der Waals surface area (Å²) in [5.74, 6) is -0.211. The van der Waals surface area contributed by atoms with Gasteiger partial charge >= 0.3 is 0 Å². The van der Waals surface area contributed by atoms with Gasteiger partial charge in [-0.1, -0.05) is 84.4 Å². The van der Waals surface area contributed by atoms with E-state index >= 15 is 0 Å². The highest BCUT2D eigenvalue weighted by atomic mass is 35.5. The quantitative estimate of drug-likeness (QED) is 0.231. The van der Waals surface area contributed by atoms with E-state index in [-0.39, 0.29) is 18.1 Å². The van der Waals surface area contributed by atoms with E-state index < -0.39 is 0 Å². The van der Waals surface area contributed by atoms with E-state index in [0.717, 1.165) is 27.8 Å². The van der Waals surface area contributed by atoms with Crippen molar-refractivity contribution in [1.82, 2.24) is 0 Å². The molecule has 0 spiro atoms.